The smallest absolute Gasteiger partial charge is 0.243 e. The minimum Gasteiger partial charge on any atom is -0.497 e. The van der Waals surface area contributed by atoms with Crippen LogP contribution in [0.2, 0.25) is 0 Å². The third-order valence-electron chi connectivity index (χ3n) is 5.33. The van der Waals surface area contributed by atoms with Crippen molar-refractivity contribution < 1.29 is 21.6 Å². The number of hydrogen-bond acceptors (Lipinski definition) is 5. The normalized spacial score (nSPS) is 14.5. The standard InChI is InChI=1S/C23H24N2O5S2/c1-30-22-7-5-6-18(14-22)17-31(26,27)24-21-11-10-19-12-13-25(16-20(19)15-21)32(28,29)23-8-3-2-4-9-23/h2-11,14-15,24H,12-13,16-17H2,1H3. The monoisotopic (exact) mass is 472 g/mol. The zero-order chi connectivity index (χ0) is 22.8. The average molecular weight is 473 g/mol. The number of methoxy groups -OCH3 is 1. The maximum Gasteiger partial charge on any atom is 0.243 e. The molecule has 7 nitrogen and oxygen atoms in total. The van der Waals surface area contributed by atoms with Crippen LogP contribution in [0.3, 0.4) is 0 Å². The van der Waals surface area contributed by atoms with Gasteiger partial charge in [0.05, 0.1) is 17.8 Å². The van der Waals surface area contributed by atoms with Gasteiger partial charge in [-0.15, -0.1) is 0 Å². The molecule has 9 heteroatoms. The Hall–Kier alpha value is -2.88. The SMILES string of the molecule is COc1cccc(CS(=O)(=O)Nc2ccc3c(c2)CN(S(=O)(=O)c2ccccc2)CC3)c1. The van der Waals surface area contributed by atoms with Crippen LogP contribution in [0.15, 0.2) is 77.7 Å². The van der Waals surface area contributed by atoms with Crippen molar-refractivity contribution in [3.05, 3.63) is 89.5 Å². The molecule has 0 unspecified atom stereocenters. The number of sulfonamides is 2. The Kier molecular flexibility index (Phi) is 6.23. The van der Waals surface area contributed by atoms with Gasteiger partial charge in [0.25, 0.3) is 0 Å². The summed E-state index contributed by atoms with van der Waals surface area (Å²) in [6, 6.07) is 20.5. The van der Waals surface area contributed by atoms with Crippen molar-refractivity contribution >= 4 is 25.7 Å². The van der Waals surface area contributed by atoms with Gasteiger partial charge in [0.2, 0.25) is 20.0 Å². The molecule has 0 bridgehead atoms. The maximum atomic E-state index is 13.0. The molecule has 3 aromatic carbocycles. The second-order valence-electron chi connectivity index (χ2n) is 7.60. The average Bonchev–Trinajstić information content (AvgIpc) is 2.78. The lowest BCUT2D eigenvalue weighted by Gasteiger charge is -2.28. The lowest BCUT2D eigenvalue weighted by molar-refractivity contribution is 0.391. The van der Waals surface area contributed by atoms with E-state index in [4.69, 9.17) is 4.74 Å². The van der Waals surface area contributed by atoms with Gasteiger partial charge in [0, 0.05) is 18.8 Å². The van der Waals surface area contributed by atoms with Gasteiger partial charge in [-0.2, -0.15) is 4.31 Å². The molecule has 0 amide bonds. The van der Waals surface area contributed by atoms with Gasteiger partial charge in [-0.25, -0.2) is 16.8 Å². The molecule has 0 aliphatic carbocycles. The summed E-state index contributed by atoms with van der Waals surface area (Å²) in [6.45, 7) is 0.573. The van der Waals surface area contributed by atoms with Gasteiger partial charge in [-0.3, -0.25) is 4.72 Å². The van der Waals surface area contributed by atoms with Gasteiger partial charge in [-0.1, -0.05) is 36.4 Å². The summed E-state index contributed by atoms with van der Waals surface area (Å²) < 4.78 is 60.5. The number of nitrogens with one attached hydrogen (secondary N) is 1. The first-order chi connectivity index (χ1) is 15.3. The predicted molar refractivity (Wildman–Crippen MR) is 123 cm³/mol. The van der Waals surface area contributed by atoms with E-state index in [0.29, 0.717) is 30.0 Å². The topological polar surface area (TPSA) is 92.8 Å². The van der Waals surface area contributed by atoms with E-state index < -0.39 is 20.0 Å². The van der Waals surface area contributed by atoms with E-state index in [1.807, 2.05) is 6.07 Å². The Balaban J connectivity index is 1.52. The fraction of sp³-hybridized carbons (Fsp3) is 0.217. The van der Waals surface area contributed by atoms with Crippen molar-refractivity contribution in [2.45, 2.75) is 23.6 Å². The summed E-state index contributed by atoms with van der Waals surface area (Å²) in [6.07, 6.45) is 0.568. The molecule has 32 heavy (non-hydrogen) atoms. The molecule has 0 atom stereocenters. The van der Waals surface area contributed by atoms with Gasteiger partial charge in [0.15, 0.2) is 0 Å². The van der Waals surface area contributed by atoms with Crippen molar-refractivity contribution in [3.63, 3.8) is 0 Å². The molecule has 168 valence electrons. The zero-order valence-electron chi connectivity index (χ0n) is 17.6. The summed E-state index contributed by atoms with van der Waals surface area (Å²) in [5.41, 5.74) is 2.82. The van der Waals surface area contributed by atoms with Crippen LogP contribution in [0.1, 0.15) is 16.7 Å². The number of benzene rings is 3. The van der Waals surface area contributed by atoms with Gasteiger partial charge in [-0.05, 0) is 59.5 Å². The second-order valence-corrected chi connectivity index (χ2v) is 11.3. The molecule has 0 radical (unpaired) electrons. The highest BCUT2D eigenvalue weighted by Crippen LogP contribution is 2.27. The number of nitrogens with zero attached hydrogens (tertiary/aromatic N) is 1. The zero-order valence-corrected chi connectivity index (χ0v) is 19.2. The molecule has 0 aromatic heterocycles. The van der Waals surface area contributed by atoms with Gasteiger partial charge in [0.1, 0.15) is 5.75 Å². The van der Waals surface area contributed by atoms with Crippen LogP contribution in [-0.2, 0) is 38.8 Å². The van der Waals surface area contributed by atoms with Crippen LogP contribution in [0, 0.1) is 0 Å². The minimum absolute atomic E-state index is 0.192. The van der Waals surface area contributed by atoms with Crippen LogP contribution in [0.25, 0.3) is 0 Å². The highest BCUT2D eigenvalue weighted by molar-refractivity contribution is 7.91. The van der Waals surface area contributed by atoms with Gasteiger partial charge < -0.3 is 4.74 Å². The van der Waals surface area contributed by atoms with Crippen LogP contribution in [0.5, 0.6) is 5.75 Å². The molecule has 1 aliphatic rings. The van der Waals surface area contributed by atoms with E-state index in [2.05, 4.69) is 4.72 Å². The van der Waals surface area contributed by atoms with E-state index in [1.165, 1.54) is 11.4 Å². The van der Waals surface area contributed by atoms with Crippen molar-refractivity contribution in [2.24, 2.45) is 0 Å². The van der Waals surface area contributed by atoms with Crippen LogP contribution in [-0.4, -0.2) is 34.8 Å². The highest BCUT2D eigenvalue weighted by Gasteiger charge is 2.28. The summed E-state index contributed by atoms with van der Waals surface area (Å²) in [4.78, 5) is 0.249. The number of anilines is 1. The predicted octanol–water partition coefficient (Wildman–Crippen LogP) is 3.38. The summed E-state index contributed by atoms with van der Waals surface area (Å²) >= 11 is 0. The van der Waals surface area contributed by atoms with Crippen molar-refractivity contribution in [2.75, 3.05) is 18.4 Å². The molecular formula is C23H24N2O5S2. The van der Waals surface area contributed by atoms with Crippen molar-refractivity contribution in [1.29, 1.82) is 0 Å². The highest BCUT2D eigenvalue weighted by atomic mass is 32.2. The number of ether oxygens (including phenoxy) is 1. The van der Waals surface area contributed by atoms with E-state index >= 15 is 0 Å². The molecule has 0 spiro atoms. The molecule has 0 saturated heterocycles. The Morgan fingerprint density at radius 1 is 0.906 bits per heavy atom. The molecule has 1 heterocycles. The molecule has 1 aliphatic heterocycles. The number of rotatable bonds is 7. The third kappa shape index (κ3) is 4.95. The Morgan fingerprint density at radius 2 is 1.69 bits per heavy atom. The van der Waals surface area contributed by atoms with Crippen LogP contribution in [0.4, 0.5) is 5.69 Å². The second kappa shape index (κ2) is 8.93. The van der Waals surface area contributed by atoms with Crippen LogP contribution < -0.4 is 9.46 Å². The van der Waals surface area contributed by atoms with E-state index in [0.717, 1.165) is 11.1 Å². The lowest BCUT2D eigenvalue weighted by atomic mass is 10.0. The first-order valence-electron chi connectivity index (χ1n) is 10.1. The van der Waals surface area contributed by atoms with Crippen molar-refractivity contribution in [1.82, 2.24) is 4.31 Å². The molecular weight excluding hydrogens is 448 g/mol. The van der Waals surface area contributed by atoms with E-state index in [-0.39, 0.29) is 17.2 Å². The minimum atomic E-state index is -3.66. The lowest BCUT2D eigenvalue weighted by Crippen LogP contribution is -2.36. The van der Waals surface area contributed by atoms with Gasteiger partial charge >= 0.3 is 0 Å². The first kappa shape index (κ1) is 22.3. The Morgan fingerprint density at radius 3 is 2.44 bits per heavy atom. The summed E-state index contributed by atoms with van der Waals surface area (Å²) in [5.74, 6) is 0.390. The Labute approximate surface area is 188 Å². The Bertz CT molecular complexity index is 1320. The van der Waals surface area contributed by atoms with E-state index in [9.17, 15) is 16.8 Å². The molecule has 4 rings (SSSR count). The molecule has 0 saturated carbocycles. The maximum absolute atomic E-state index is 13.0. The third-order valence-corrected chi connectivity index (χ3v) is 8.45. The van der Waals surface area contributed by atoms with E-state index in [1.54, 1.807) is 66.7 Å². The summed E-state index contributed by atoms with van der Waals surface area (Å²) in [7, 11) is -5.75. The molecule has 3 aromatic rings. The fourth-order valence-electron chi connectivity index (χ4n) is 3.74. The van der Waals surface area contributed by atoms with Crippen LogP contribution >= 0.6 is 0 Å². The first-order valence-corrected chi connectivity index (χ1v) is 13.2. The number of fused-ring (bicyclic) bond motifs is 1. The summed E-state index contributed by atoms with van der Waals surface area (Å²) in [5, 5.41) is 0. The molecule has 1 N–H and O–H groups in total. The quantitative estimate of drug-likeness (QED) is 0.569. The largest absolute Gasteiger partial charge is 0.497 e. The molecule has 0 fully saturated rings. The van der Waals surface area contributed by atoms with Crippen molar-refractivity contribution in [3.8, 4) is 5.75 Å². The number of hydrogen-bond donors (Lipinski definition) is 1. The fourth-order valence-corrected chi connectivity index (χ4v) is 6.36.